The van der Waals surface area contributed by atoms with Crippen molar-refractivity contribution in [3.05, 3.63) is 59.5 Å². The Morgan fingerprint density at radius 2 is 1.90 bits per heavy atom. The van der Waals surface area contributed by atoms with Crippen LogP contribution in [-0.4, -0.2) is 39.5 Å². The first kappa shape index (κ1) is 19.2. The predicted molar refractivity (Wildman–Crippen MR) is 124 cm³/mol. The highest BCUT2D eigenvalue weighted by Crippen LogP contribution is 2.32. The van der Waals surface area contributed by atoms with Crippen molar-refractivity contribution in [3.8, 4) is 0 Å². The van der Waals surface area contributed by atoms with Gasteiger partial charge >= 0.3 is 0 Å². The summed E-state index contributed by atoms with van der Waals surface area (Å²) in [4.78, 5) is 11.7. The molecule has 0 spiro atoms. The number of nitrogens with one attached hydrogen (secondary N) is 2. The van der Waals surface area contributed by atoms with Gasteiger partial charge in [0.05, 0.1) is 34.3 Å². The Balaban J connectivity index is 1.59. The highest BCUT2D eigenvalue weighted by molar-refractivity contribution is 6.33. The van der Waals surface area contributed by atoms with E-state index in [2.05, 4.69) is 57.0 Å². The van der Waals surface area contributed by atoms with Gasteiger partial charge < -0.3 is 15.5 Å². The zero-order valence-corrected chi connectivity index (χ0v) is 18.1. The van der Waals surface area contributed by atoms with E-state index in [1.807, 2.05) is 37.6 Å². The number of rotatable bonds is 3. The summed E-state index contributed by atoms with van der Waals surface area (Å²) < 4.78 is 2.09. The molecule has 4 aromatic rings. The van der Waals surface area contributed by atoms with Crippen molar-refractivity contribution in [2.75, 3.05) is 23.3 Å². The summed E-state index contributed by atoms with van der Waals surface area (Å²) >= 11 is 6.43. The number of halogens is 1. The minimum Gasteiger partial charge on any atom is -0.368 e. The van der Waals surface area contributed by atoms with Crippen LogP contribution in [0.4, 0.5) is 17.2 Å². The maximum absolute atomic E-state index is 6.43. The van der Waals surface area contributed by atoms with Crippen LogP contribution in [0, 0.1) is 6.92 Å². The van der Waals surface area contributed by atoms with Crippen LogP contribution in [0.2, 0.25) is 5.02 Å². The molecule has 7 heteroatoms. The summed E-state index contributed by atoms with van der Waals surface area (Å²) in [5, 5.41) is 7.69. The first-order valence-corrected chi connectivity index (χ1v) is 10.7. The molecule has 6 nitrogen and oxygen atoms in total. The van der Waals surface area contributed by atoms with Crippen LogP contribution in [0.5, 0.6) is 0 Å². The summed E-state index contributed by atoms with van der Waals surface area (Å²) in [6, 6.07) is 13.2. The summed E-state index contributed by atoms with van der Waals surface area (Å²) in [7, 11) is 0. The molecule has 5 rings (SSSR count). The highest BCUT2D eigenvalue weighted by atomic mass is 35.5. The normalized spacial score (nSPS) is 19.5. The molecule has 2 unspecified atom stereocenters. The van der Waals surface area contributed by atoms with Gasteiger partial charge in [-0.3, -0.25) is 4.40 Å². The molecule has 1 aliphatic heterocycles. The highest BCUT2D eigenvalue weighted by Gasteiger charge is 2.22. The standard InChI is InChI=1S/C23H25ClN6/c1-14-5-4-6-18(24)22(14)28-23-21-10-25-13-30(21)20-9-17(7-8-19(20)27-23)29-11-15(2)26-16(3)12-29/h4-10,13,15-16,26H,11-12H2,1-3H3,(H,27,28). The van der Waals surface area contributed by atoms with Gasteiger partial charge in [-0.2, -0.15) is 0 Å². The van der Waals surface area contributed by atoms with E-state index in [1.165, 1.54) is 5.69 Å². The Bertz CT molecular complexity index is 1200. The Morgan fingerprint density at radius 1 is 1.10 bits per heavy atom. The lowest BCUT2D eigenvalue weighted by atomic mass is 10.1. The largest absolute Gasteiger partial charge is 0.368 e. The van der Waals surface area contributed by atoms with Crippen molar-refractivity contribution in [1.82, 2.24) is 19.7 Å². The SMILES string of the molecule is Cc1cccc(Cl)c1Nc1nc2ccc(N3CC(C)NC(C)C3)cc2n2cncc12. The van der Waals surface area contributed by atoms with E-state index in [4.69, 9.17) is 16.6 Å². The number of hydrogen-bond donors (Lipinski definition) is 2. The number of para-hydroxylation sites is 1. The molecule has 30 heavy (non-hydrogen) atoms. The van der Waals surface area contributed by atoms with Crippen LogP contribution in [0.3, 0.4) is 0 Å². The van der Waals surface area contributed by atoms with E-state index >= 15 is 0 Å². The van der Waals surface area contributed by atoms with Gasteiger partial charge in [-0.15, -0.1) is 0 Å². The third-order valence-corrected chi connectivity index (χ3v) is 6.03. The molecule has 0 bridgehead atoms. The lowest BCUT2D eigenvalue weighted by Gasteiger charge is -2.37. The summed E-state index contributed by atoms with van der Waals surface area (Å²) in [5.41, 5.74) is 6.02. The third-order valence-electron chi connectivity index (χ3n) is 5.72. The van der Waals surface area contributed by atoms with Gasteiger partial charge in [0.15, 0.2) is 5.82 Å². The molecule has 1 aliphatic rings. The number of nitrogens with zero attached hydrogens (tertiary/aromatic N) is 4. The fourth-order valence-corrected chi connectivity index (χ4v) is 4.64. The van der Waals surface area contributed by atoms with E-state index in [-0.39, 0.29) is 0 Å². The third kappa shape index (κ3) is 3.36. The van der Waals surface area contributed by atoms with E-state index in [1.54, 1.807) is 0 Å². The Labute approximate surface area is 180 Å². The van der Waals surface area contributed by atoms with Crippen LogP contribution >= 0.6 is 11.6 Å². The van der Waals surface area contributed by atoms with Crippen LogP contribution in [0.1, 0.15) is 19.4 Å². The maximum Gasteiger partial charge on any atom is 0.157 e. The van der Waals surface area contributed by atoms with Gasteiger partial charge in [-0.1, -0.05) is 23.7 Å². The molecule has 3 heterocycles. The van der Waals surface area contributed by atoms with E-state index in [9.17, 15) is 0 Å². The Hall–Kier alpha value is -2.83. The quantitative estimate of drug-likeness (QED) is 0.499. The molecule has 1 saturated heterocycles. The molecule has 1 fully saturated rings. The average Bonchev–Trinajstić information content (AvgIpc) is 3.20. The summed E-state index contributed by atoms with van der Waals surface area (Å²) in [5.74, 6) is 0.744. The fourth-order valence-electron chi connectivity index (χ4n) is 4.37. The van der Waals surface area contributed by atoms with Crippen molar-refractivity contribution in [2.45, 2.75) is 32.9 Å². The van der Waals surface area contributed by atoms with E-state index < -0.39 is 0 Å². The molecule has 0 amide bonds. The molecule has 0 saturated carbocycles. The van der Waals surface area contributed by atoms with Gasteiger partial charge in [0.2, 0.25) is 0 Å². The van der Waals surface area contributed by atoms with Crippen LogP contribution in [-0.2, 0) is 0 Å². The molecule has 0 aliphatic carbocycles. The monoisotopic (exact) mass is 420 g/mol. The minimum atomic E-state index is 0.460. The Morgan fingerprint density at radius 3 is 2.67 bits per heavy atom. The lowest BCUT2D eigenvalue weighted by Crippen LogP contribution is -2.54. The molecular formula is C23H25ClN6. The zero-order valence-electron chi connectivity index (χ0n) is 17.4. The average molecular weight is 421 g/mol. The second-order valence-electron chi connectivity index (χ2n) is 8.21. The first-order valence-electron chi connectivity index (χ1n) is 10.3. The summed E-state index contributed by atoms with van der Waals surface area (Å²) in [6.07, 6.45) is 3.68. The number of aryl methyl sites for hydroxylation is 1. The van der Waals surface area contributed by atoms with Crippen molar-refractivity contribution < 1.29 is 0 Å². The van der Waals surface area contributed by atoms with Gasteiger partial charge in [-0.05, 0) is 50.6 Å². The molecule has 2 atom stereocenters. The van der Waals surface area contributed by atoms with Gasteiger partial charge in [0.25, 0.3) is 0 Å². The van der Waals surface area contributed by atoms with Gasteiger partial charge in [0, 0.05) is 30.9 Å². The first-order chi connectivity index (χ1) is 14.5. The number of piperazine rings is 1. The molecule has 2 aromatic carbocycles. The van der Waals surface area contributed by atoms with Crippen molar-refractivity contribution >= 4 is 45.3 Å². The molecule has 0 radical (unpaired) electrons. The van der Waals surface area contributed by atoms with Gasteiger partial charge in [-0.25, -0.2) is 9.97 Å². The Kier molecular flexibility index (Phi) is 4.76. The molecule has 2 N–H and O–H groups in total. The number of aromatic nitrogens is 3. The number of fused-ring (bicyclic) bond motifs is 3. The molecule has 2 aromatic heterocycles. The number of hydrogen-bond acceptors (Lipinski definition) is 5. The van der Waals surface area contributed by atoms with E-state index in [0.29, 0.717) is 17.1 Å². The number of anilines is 3. The van der Waals surface area contributed by atoms with Crippen LogP contribution in [0.15, 0.2) is 48.9 Å². The minimum absolute atomic E-state index is 0.460. The molecule has 154 valence electrons. The van der Waals surface area contributed by atoms with Crippen LogP contribution < -0.4 is 15.5 Å². The molecular weight excluding hydrogens is 396 g/mol. The fraction of sp³-hybridized carbons (Fsp3) is 0.304. The summed E-state index contributed by atoms with van der Waals surface area (Å²) in [6.45, 7) is 8.47. The second-order valence-corrected chi connectivity index (χ2v) is 8.62. The second kappa shape index (κ2) is 7.45. The maximum atomic E-state index is 6.43. The van der Waals surface area contributed by atoms with Crippen molar-refractivity contribution in [3.63, 3.8) is 0 Å². The van der Waals surface area contributed by atoms with Crippen LogP contribution in [0.25, 0.3) is 16.6 Å². The van der Waals surface area contributed by atoms with Crippen molar-refractivity contribution in [2.24, 2.45) is 0 Å². The predicted octanol–water partition coefficient (Wildman–Crippen LogP) is 4.77. The smallest absolute Gasteiger partial charge is 0.157 e. The van der Waals surface area contributed by atoms with Crippen molar-refractivity contribution in [1.29, 1.82) is 0 Å². The zero-order chi connectivity index (χ0) is 20.8. The topological polar surface area (TPSA) is 57.5 Å². The number of imidazole rings is 1. The van der Waals surface area contributed by atoms with E-state index in [0.717, 1.165) is 46.7 Å². The number of benzene rings is 2. The van der Waals surface area contributed by atoms with Gasteiger partial charge in [0.1, 0.15) is 5.52 Å². The lowest BCUT2D eigenvalue weighted by molar-refractivity contribution is 0.407.